The molecular weight excluding hydrogens is 380 g/mol. The molecule has 2 amide bonds. The number of hydrogen-bond donors (Lipinski definition) is 2. The smallest absolute Gasteiger partial charge is 0.313 e. The zero-order valence-electron chi connectivity index (χ0n) is 15.3. The maximum Gasteiger partial charge on any atom is 0.313 e. The van der Waals surface area contributed by atoms with Crippen molar-refractivity contribution in [1.29, 1.82) is 0 Å². The third-order valence-electron chi connectivity index (χ3n) is 4.76. The van der Waals surface area contributed by atoms with Crippen LogP contribution in [0.1, 0.15) is 17.7 Å². The summed E-state index contributed by atoms with van der Waals surface area (Å²) >= 11 is 1.76. The first-order valence-corrected chi connectivity index (χ1v) is 9.97. The molecule has 1 aromatic carbocycles. The molecule has 3 rings (SSSR count). The van der Waals surface area contributed by atoms with Gasteiger partial charge < -0.3 is 10.6 Å². The van der Waals surface area contributed by atoms with Crippen molar-refractivity contribution < 1.29 is 14.5 Å². The molecule has 148 valence electrons. The highest BCUT2D eigenvalue weighted by atomic mass is 32.1. The van der Waals surface area contributed by atoms with Gasteiger partial charge in [-0.3, -0.25) is 24.6 Å². The first-order valence-electron chi connectivity index (χ1n) is 9.09. The molecule has 8 nitrogen and oxygen atoms in total. The topological polar surface area (TPSA) is 105 Å². The highest BCUT2D eigenvalue weighted by molar-refractivity contribution is 7.09. The number of piperidine rings is 1. The molecule has 0 bridgehead atoms. The van der Waals surface area contributed by atoms with Gasteiger partial charge in [0.05, 0.1) is 4.92 Å². The monoisotopic (exact) mass is 402 g/mol. The Morgan fingerprint density at radius 2 is 1.86 bits per heavy atom. The van der Waals surface area contributed by atoms with Gasteiger partial charge in [-0.25, -0.2) is 0 Å². The van der Waals surface area contributed by atoms with E-state index in [2.05, 4.69) is 33.0 Å². The van der Waals surface area contributed by atoms with Gasteiger partial charge in [-0.1, -0.05) is 6.07 Å². The fraction of sp³-hybridized carbons (Fsp3) is 0.368. The lowest BCUT2D eigenvalue weighted by atomic mass is 9.97. The summed E-state index contributed by atoms with van der Waals surface area (Å²) in [5, 5.41) is 17.8. The Morgan fingerprint density at radius 3 is 2.46 bits per heavy atom. The Balaban J connectivity index is 1.38. The minimum atomic E-state index is -0.774. The van der Waals surface area contributed by atoms with Crippen molar-refractivity contribution in [2.24, 2.45) is 5.92 Å². The number of thiophene rings is 1. The molecule has 0 aliphatic carbocycles. The molecule has 1 aliphatic rings. The zero-order chi connectivity index (χ0) is 19.9. The van der Waals surface area contributed by atoms with Gasteiger partial charge in [0.15, 0.2) is 0 Å². The van der Waals surface area contributed by atoms with E-state index in [9.17, 15) is 19.7 Å². The Labute approximate surface area is 166 Å². The molecule has 9 heteroatoms. The SMILES string of the molecule is O=C(NCC1CCN(Cc2cccs2)CC1)C(=O)Nc1ccc([N+](=O)[O-])cc1. The van der Waals surface area contributed by atoms with E-state index < -0.39 is 16.7 Å². The molecule has 0 spiro atoms. The predicted molar refractivity (Wildman–Crippen MR) is 107 cm³/mol. The van der Waals surface area contributed by atoms with Gasteiger partial charge in [0.1, 0.15) is 0 Å². The molecule has 2 N–H and O–H groups in total. The largest absolute Gasteiger partial charge is 0.348 e. The first kappa shape index (κ1) is 20.0. The van der Waals surface area contributed by atoms with Crippen LogP contribution in [-0.4, -0.2) is 41.3 Å². The first-order chi connectivity index (χ1) is 13.5. The average molecular weight is 402 g/mol. The second kappa shape index (κ2) is 9.43. The maximum atomic E-state index is 12.0. The summed E-state index contributed by atoms with van der Waals surface area (Å²) in [6.07, 6.45) is 1.96. The number of benzene rings is 1. The Morgan fingerprint density at radius 1 is 1.14 bits per heavy atom. The van der Waals surface area contributed by atoms with Crippen LogP contribution in [0.5, 0.6) is 0 Å². The number of carbonyl (C=O) groups excluding carboxylic acids is 2. The van der Waals surface area contributed by atoms with E-state index in [1.807, 2.05) is 0 Å². The average Bonchev–Trinajstić information content (AvgIpc) is 3.20. The third kappa shape index (κ3) is 5.61. The van der Waals surface area contributed by atoms with Crippen molar-refractivity contribution in [2.45, 2.75) is 19.4 Å². The number of anilines is 1. The van der Waals surface area contributed by atoms with Crippen molar-refractivity contribution in [3.63, 3.8) is 0 Å². The van der Waals surface area contributed by atoms with Crippen molar-refractivity contribution in [2.75, 3.05) is 25.0 Å². The Kier molecular flexibility index (Phi) is 6.72. The van der Waals surface area contributed by atoms with Gasteiger partial charge in [-0.05, 0) is 55.4 Å². The van der Waals surface area contributed by atoms with E-state index in [0.29, 0.717) is 18.2 Å². The lowest BCUT2D eigenvalue weighted by molar-refractivity contribution is -0.384. The number of rotatable bonds is 6. The standard InChI is InChI=1S/C19H22N4O4S/c24-18(19(25)21-15-3-5-16(6-4-15)23(26)27)20-12-14-7-9-22(10-8-14)13-17-2-1-11-28-17/h1-6,11,14H,7-10,12-13H2,(H,20,24)(H,21,25). The number of amides is 2. The molecule has 28 heavy (non-hydrogen) atoms. The summed E-state index contributed by atoms with van der Waals surface area (Å²) in [6.45, 7) is 3.40. The van der Waals surface area contributed by atoms with E-state index in [-0.39, 0.29) is 5.69 Å². The van der Waals surface area contributed by atoms with Crippen LogP contribution in [-0.2, 0) is 16.1 Å². The molecule has 0 atom stereocenters. The van der Waals surface area contributed by atoms with E-state index >= 15 is 0 Å². The number of carbonyl (C=O) groups is 2. The summed E-state index contributed by atoms with van der Waals surface area (Å²) in [4.78, 5) is 37.8. The number of nitrogens with zero attached hydrogens (tertiary/aromatic N) is 2. The molecule has 0 unspecified atom stereocenters. The highest BCUT2D eigenvalue weighted by Crippen LogP contribution is 2.20. The summed E-state index contributed by atoms with van der Waals surface area (Å²) in [5.41, 5.74) is 0.264. The molecule has 1 fully saturated rings. The van der Waals surface area contributed by atoms with Crippen molar-refractivity contribution in [3.8, 4) is 0 Å². The lowest BCUT2D eigenvalue weighted by Gasteiger charge is -2.31. The van der Waals surface area contributed by atoms with Gasteiger partial charge in [0.2, 0.25) is 0 Å². The van der Waals surface area contributed by atoms with Crippen LogP contribution in [0, 0.1) is 16.0 Å². The minimum absolute atomic E-state index is 0.0760. The minimum Gasteiger partial charge on any atom is -0.348 e. The highest BCUT2D eigenvalue weighted by Gasteiger charge is 2.21. The quantitative estimate of drug-likeness (QED) is 0.439. The van der Waals surface area contributed by atoms with Crippen molar-refractivity contribution >= 4 is 34.5 Å². The van der Waals surface area contributed by atoms with Crippen LogP contribution in [0.25, 0.3) is 0 Å². The van der Waals surface area contributed by atoms with Crippen LogP contribution in [0.15, 0.2) is 41.8 Å². The number of hydrogen-bond acceptors (Lipinski definition) is 6. The van der Waals surface area contributed by atoms with Crippen molar-refractivity contribution in [1.82, 2.24) is 10.2 Å². The summed E-state index contributed by atoms with van der Waals surface area (Å²) in [6, 6.07) is 9.54. The molecule has 0 saturated carbocycles. The van der Waals surface area contributed by atoms with Gasteiger partial charge >= 0.3 is 11.8 Å². The van der Waals surface area contributed by atoms with Crippen molar-refractivity contribution in [3.05, 3.63) is 56.8 Å². The fourth-order valence-corrected chi connectivity index (χ4v) is 3.89. The zero-order valence-corrected chi connectivity index (χ0v) is 16.1. The van der Waals surface area contributed by atoms with E-state index in [1.54, 1.807) is 11.3 Å². The number of nitro benzene ring substituents is 1. The number of nitrogens with one attached hydrogen (secondary N) is 2. The molecule has 1 aromatic heterocycles. The summed E-state index contributed by atoms with van der Waals surface area (Å²) in [5.74, 6) is -1.11. The van der Waals surface area contributed by atoms with Crippen LogP contribution in [0.2, 0.25) is 0 Å². The molecule has 2 heterocycles. The number of likely N-dealkylation sites (tertiary alicyclic amines) is 1. The van der Waals surface area contributed by atoms with E-state index in [1.165, 1.54) is 29.1 Å². The second-order valence-corrected chi connectivity index (χ2v) is 7.80. The Bertz CT molecular complexity index is 815. The normalized spacial score (nSPS) is 15.1. The van der Waals surface area contributed by atoms with Crippen LogP contribution >= 0.6 is 11.3 Å². The molecule has 1 aliphatic heterocycles. The van der Waals surface area contributed by atoms with E-state index in [0.717, 1.165) is 32.5 Å². The fourth-order valence-electron chi connectivity index (χ4n) is 3.14. The number of nitro groups is 1. The molecule has 0 radical (unpaired) electrons. The predicted octanol–water partition coefficient (Wildman–Crippen LogP) is 2.62. The lowest BCUT2D eigenvalue weighted by Crippen LogP contribution is -2.41. The Hall–Kier alpha value is -2.78. The molecule has 1 saturated heterocycles. The molecule has 2 aromatic rings. The summed E-state index contributed by atoms with van der Waals surface area (Å²) < 4.78 is 0. The van der Waals surface area contributed by atoms with E-state index in [4.69, 9.17) is 0 Å². The molecular formula is C19H22N4O4S. The van der Waals surface area contributed by atoms with Crippen LogP contribution < -0.4 is 10.6 Å². The van der Waals surface area contributed by atoms with Gasteiger partial charge in [0, 0.05) is 35.8 Å². The maximum absolute atomic E-state index is 12.0. The number of non-ortho nitro benzene ring substituents is 1. The van der Waals surface area contributed by atoms with Crippen LogP contribution in [0.4, 0.5) is 11.4 Å². The van der Waals surface area contributed by atoms with Crippen LogP contribution in [0.3, 0.4) is 0 Å². The van der Waals surface area contributed by atoms with Gasteiger partial charge in [0.25, 0.3) is 5.69 Å². The van der Waals surface area contributed by atoms with Gasteiger partial charge in [-0.15, -0.1) is 11.3 Å². The third-order valence-corrected chi connectivity index (χ3v) is 5.62. The summed E-state index contributed by atoms with van der Waals surface area (Å²) in [7, 11) is 0. The second-order valence-electron chi connectivity index (χ2n) is 6.77. The van der Waals surface area contributed by atoms with Gasteiger partial charge in [-0.2, -0.15) is 0 Å².